The van der Waals surface area contributed by atoms with E-state index < -0.39 is 36.1 Å². The quantitative estimate of drug-likeness (QED) is 0.204. The van der Waals surface area contributed by atoms with Gasteiger partial charge >= 0.3 is 0 Å². The number of nitrogens with one attached hydrogen (secondary N) is 3. The lowest BCUT2D eigenvalue weighted by molar-refractivity contribution is -0.141. The van der Waals surface area contributed by atoms with E-state index >= 15 is 0 Å². The number of amides is 3. The van der Waals surface area contributed by atoms with Gasteiger partial charge in [-0.15, -0.1) is 0 Å². The molecule has 0 saturated heterocycles. The van der Waals surface area contributed by atoms with E-state index in [4.69, 9.17) is 0 Å². The highest BCUT2D eigenvalue weighted by atomic mass is 16.3. The van der Waals surface area contributed by atoms with E-state index in [1.807, 2.05) is 39.8 Å². The first kappa shape index (κ1) is 35.0. The Morgan fingerprint density at radius 1 is 0.884 bits per heavy atom. The van der Waals surface area contributed by atoms with Crippen molar-refractivity contribution < 1.29 is 24.6 Å². The normalized spacial score (nSPS) is 20.8. The standard InChI is InChI=1S/C34H56N4O5/c1-5-23(4)29(34(43)36-21-26-18-12-13-19-35-26)38-33(42)28(22(2)3)31(40)30(39)27(20-24-14-8-6-9-15-24)37-32(41)25-16-10-7-11-17-25/h12-13,18-19,22-25,27-31,39-40H,5-11,14-17,20-21H2,1-4H3,(H,36,43)(H,37,41)(H,38,42)/t23-,27-,28+,29-,30+,31+/m0/s1. The Hall–Kier alpha value is -2.52. The summed E-state index contributed by atoms with van der Waals surface area (Å²) in [4.78, 5) is 44.5. The van der Waals surface area contributed by atoms with Crippen LogP contribution in [-0.2, 0) is 20.9 Å². The van der Waals surface area contributed by atoms with Gasteiger partial charge in [0.15, 0.2) is 0 Å². The molecule has 0 aliphatic heterocycles. The molecule has 3 rings (SSSR count). The summed E-state index contributed by atoms with van der Waals surface area (Å²) in [5.41, 5.74) is 0.711. The summed E-state index contributed by atoms with van der Waals surface area (Å²) >= 11 is 0. The number of nitrogens with zero attached hydrogens (tertiary/aromatic N) is 1. The maximum absolute atomic E-state index is 13.8. The van der Waals surface area contributed by atoms with Crippen LogP contribution in [0.15, 0.2) is 24.4 Å². The maximum atomic E-state index is 13.8. The molecule has 0 spiro atoms. The summed E-state index contributed by atoms with van der Waals surface area (Å²) in [5, 5.41) is 32.1. The van der Waals surface area contributed by atoms with Crippen LogP contribution in [0.25, 0.3) is 0 Å². The zero-order chi connectivity index (χ0) is 31.4. The molecule has 3 amide bonds. The predicted molar refractivity (Wildman–Crippen MR) is 168 cm³/mol. The first-order valence-electron chi connectivity index (χ1n) is 16.8. The summed E-state index contributed by atoms with van der Waals surface area (Å²) in [5.74, 6) is -2.01. The Morgan fingerprint density at radius 3 is 2.12 bits per heavy atom. The molecule has 5 N–H and O–H groups in total. The average Bonchev–Trinajstić information content (AvgIpc) is 3.02. The van der Waals surface area contributed by atoms with Crippen molar-refractivity contribution in [3.8, 4) is 0 Å². The van der Waals surface area contributed by atoms with Gasteiger partial charge in [0.2, 0.25) is 17.7 Å². The Kier molecular flexibility index (Phi) is 14.4. The van der Waals surface area contributed by atoms with Crippen LogP contribution < -0.4 is 16.0 Å². The summed E-state index contributed by atoms with van der Waals surface area (Å²) < 4.78 is 0. The molecular formula is C34H56N4O5. The van der Waals surface area contributed by atoms with Crippen LogP contribution in [0.2, 0.25) is 0 Å². The van der Waals surface area contributed by atoms with Crippen LogP contribution in [0.5, 0.6) is 0 Å². The summed E-state index contributed by atoms with van der Waals surface area (Å²) in [7, 11) is 0. The minimum atomic E-state index is -1.41. The van der Waals surface area contributed by atoms with Crippen LogP contribution in [0.1, 0.15) is 110 Å². The number of hydrogen-bond acceptors (Lipinski definition) is 6. The minimum Gasteiger partial charge on any atom is -0.390 e. The van der Waals surface area contributed by atoms with E-state index in [1.54, 1.807) is 12.3 Å². The van der Waals surface area contributed by atoms with Crippen LogP contribution in [0, 0.1) is 29.6 Å². The second kappa shape index (κ2) is 17.7. The van der Waals surface area contributed by atoms with Crippen molar-refractivity contribution in [3.05, 3.63) is 30.1 Å². The Balaban J connectivity index is 1.74. The average molecular weight is 601 g/mol. The molecule has 1 aromatic rings. The van der Waals surface area contributed by atoms with Crippen LogP contribution >= 0.6 is 0 Å². The van der Waals surface area contributed by atoms with Gasteiger partial charge in [-0.05, 0) is 49.1 Å². The van der Waals surface area contributed by atoms with Crippen molar-refractivity contribution >= 4 is 17.7 Å². The van der Waals surface area contributed by atoms with Crippen LogP contribution in [0.4, 0.5) is 0 Å². The lowest BCUT2D eigenvalue weighted by atomic mass is 9.79. The topological polar surface area (TPSA) is 141 Å². The number of aliphatic hydroxyl groups excluding tert-OH is 2. The highest BCUT2D eigenvalue weighted by Crippen LogP contribution is 2.31. The van der Waals surface area contributed by atoms with Crippen molar-refractivity contribution in [2.45, 2.75) is 136 Å². The van der Waals surface area contributed by atoms with Crippen molar-refractivity contribution in [1.29, 1.82) is 0 Å². The van der Waals surface area contributed by atoms with Crippen molar-refractivity contribution in [2.75, 3.05) is 0 Å². The molecule has 1 heterocycles. The van der Waals surface area contributed by atoms with Crippen molar-refractivity contribution in [1.82, 2.24) is 20.9 Å². The fourth-order valence-corrected chi connectivity index (χ4v) is 6.78. The first-order chi connectivity index (χ1) is 20.6. The van der Waals surface area contributed by atoms with Gasteiger partial charge in [-0.25, -0.2) is 0 Å². The highest BCUT2D eigenvalue weighted by molar-refractivity contribution is 5.89. The second-order valence-corrected chi connectivity index (χ2v) is 13.4. The van der Waals surface area contributed by atoms with E-state index in [0.717, 1.165) is 57.8 Å². The third kappa shape index (κ3) is 10.6. The lowest BCUT2D eigenvalue weighted by Gasteiger charge is -2.37. The highest BCUT2D eigenvalue weighted by Gasteiger charge is 2.41. The number of aromatic nitrogens is 1. The van der Waals surface area contributed by atoms with Gasteiger partial charge in [0.05, 0.1) is 30.3 Å². The summed E-state index contributed by atoms with van der Waals surface area (Å²) in [6.45, 7) is 7.76. The molecule has 0 radical (unpaired) electrons. The summed E-state index contributed by atoms with van der Waals surface area (Å²) in [6, 6.07) is 4.02. The molecule has 43 heavy (non-hydrogen) atoms. The molecule has 9 heteroatoms. The molecule has 1 aromatic heterocycles. The zero-order valence-electron chi connectivity index (χ0n) is 26.8. The molecular weight excluding hydrogens is 544 g/mol. The molecule has 6 atom stereocenters. The van der Waals surface area contributed by atoms with E-state index in [9.17, 15) is 24.6 Å². The number of rotatable bonds is 15. The van der Waals surface area contributed by atoms with Gasteiger partial charge in [0, 0.05) is 12.1 Å². The fourth-order valence-electron chi connectivity index (χ4n) is 6.78. The molecule has 242 valence electrons. The van der Waals surface area contributed by atoms with Gasteiger partial charge < -0.3 is 26.2 Å². The smallest absolute Gasteiger partial charge is 0.243 e. The van der Waals surface area contributed by atoms with Crippen molar-refractivity contribution in [3.63, 3.8) is 0 Å². The monoisotopic (exact) mass is 600 g/mol. The number of carbonyl (C=O) groups excluding carboxylic acids is 3. The summed E-state index contributed by atoms with van der Waals surface area (Å²) in [6.07, 6.45) is 10.6. The Morgan fingerprint density at radius 2 is 1.53 bits per heavy atom. The maximum Gasteiger partial charge on any atom is 0.243 e. The molecule has 2 aliphatic rings. The molecule has 0 aromatic carbocycles. The number of pyridine rings is 1. The number of carbonyl (C=O) groups is 3. The Labute approximate surface area is 258 Å². The second-order valence-electron chi connectivity index (χ2n) is 13.4. The van der Waals surface area contributed by atoms with Gasteiger partial charge in [0.25, 0.3) is 0 Å². The van der Waals surface area contributed by atoms with Gasteiger partial charge in [-0.2, -0.15) is 0 Å². The minimum absolute atomic E-state index is 0.0567. The molecule has 2 aliphatic carbocycles. The van der Waals surface area contributed by atoms with Gasteiger partial charge in [-0.3, -0.25) is 19.4 Å². The Bertz CT molecular complexity index is 994. The number of hydrogen-bond donors (Lipinski definition) is 5. The molecule has 0 unspecified atom stereocenters. The third-order valence-corrected chi connectivity index (χ3v) is 9.73. The van der Waals surface area contributed by atoms with Gasteiger partial charge in [-0.1, -0.05) is 91.5 Å². The van der Waals surface area contributed by atoms with E-state index in [2.05, 4.69) is 20.9 Å². The van der Waals surface area contributed by atoms with E-state index in [-0.39, 0.29) is 36.1 Å². The SMILES string of the molecule is CC[C@H](C)[C@H](NC(=O)[C@H](C(C)C)[C@@H](O)[C@H](O)[C@H](CC1CCCCC1)NC(=O)C1CCCCC1)C(=O)NCc1ccccn1. The molecule has 9 nitrogen and oxygen atoms in total. The third-order valence-electron chi connectivity index (χ3n) is 9.73. The first-order valence-corrected chi connectivity index (χ1v) is 16.8. The molecule has 0 bridgehead atoms. The van der Waals surface area contributed by atoms with Crippen LogP contribution in [0.3, 0.4) is 0 Å². The van der Waals surface area contributed by atoms with E-state index in [0.29, 0.717) is 24.5 Å². The van der Waals surface area contributed by atoms with Crippen LogP contribution in [-0.4, -0.2) is 57.2 Å². The molecule has 2 fully saturated rings. The van der Waals surface area contributed by atoms with Crippen molar-refractivity contribution in [2.24, 2.45) is 29.6 Å². The molecule has 2 saturated carbocycles. The largest absolute Gasteiger partial charge is 0.390 e. The fraction of sp³-hybridized carbons (Fsp3) is 0.765. The predicted octanol–water partition coefficient (Wildman–Crippen LogP) is 4.26. The number of aliphatic hydroxyl groups is 2. The zero-order valence-corrected chi connectivity index (χ0v) is 26.8. The van der Waals surface area contributed by atoms with Gasteiger partial charge in [0.1, 0.15) is 12.1 Å². The van der Waals surface area contributed by atoms with E-state index in [1.165, 1.54) is 6.42 Å². The lowest BCUT2D eigenvalue weighted by Crippen LogP contribution is -2.58.